The minimum atomic E-state index is -5.09. The molecule has 0 saturated heterocycles. The van der Waals surface area contributed by atoms with E-state index in [1.807, 2.05) is 31.2 Å². The normalized spacial score (nSPS) is 11.0. The Morgan fingerprint density at radius 3 is 2.38 bits per heavy atom. The van der Waals surface area contributed by atoms with E-state index in [2.05, 4.69) is 25.4 Å². The van der Waals surface area contributed by atoms with Crippen LogP contribution in [0.25, 0.3) is 10.9 Å². The molecule has 9 heteroatoms. The molecule has 0 radical (unpaired) electrons. The van der Waals surface area contributed by atoms with Crippen molar-refractivity contribution >= 4 is 51.9 Å². The van der Waals surface area contributed by atoms with Crippen LogP contribution in [0.2, 0.25) is 5.02 Å². The number of hydrogen-bond acceptors (Lipinski definition) is 5. The zero-order chi connectivity index (χ0) is 17.9. The summed E-state index contributed by atoms with van der Waals surface area (Å²) in [6.45, 7) is 2.04. The third kappa shape index (κ3) is 5.00. The Bertz CT molecular complexity index is 871. The number of anilines is 1. The minimum absolute atomic E-state index is 0.102. The maximum absolute atomic E-state index is 10.5. The fraction of sp³-hybridized carbons (Fsp3) is 0.0667. The van der Waals surface area contributed by atoms with E-state index in [4.69, 9.17) is 17.3 Å². The summed E-state index contributed by atoms with van der Waals surface area (Å²) in [5.74, 6) is -0.102. The van der Waals surface area contributed by atoms with Crippen LogP contribution in [0, 0.1) is 6.92 Å². The Morgan fingerprint density at radius 2 is 1.83 bits per heavy atom. The second kappa shape index (κ2) is 7.59. The van der Waals surface area contributed by atoms with Crippen LogP contribution in [0.4, 0.5) is 5.69 Å². The average molecular weight is 432 g/mol. The van der Waals surface area contributed by atoms with Crippen molar-refractivity contribution in [3.8, 4) is 5.75 Å². The van der Waals surface area contributed by atoms with Crippen molar-refractivity contribution < 1.29 is 18.9 Å². The van der Waals surface area contributed by atoms with E-state index in [1.165, 1.54) is 11.8 Å². The Hall–Kier alpha value is -1.50. The first-order valence-corrected chi connectivity index (χ1v) is 9.29. The number of aryl methyl sites for hydroxylation is 1. The van der Waals surface area contributed by atoms with Crippen LogP contribution in [0.1, 0.15) is 5.56 Å². The molecule has 0 amide bonds. The van der Waals surface area contributed by atoms with Crippen LogP contribution < -0.4 is 20.0 Å². The number of fused-ring (bicyclic) bond motifs is 1. The molecule has 0 atom stereocenters. The minimum Gasteiger partial charge on any atom is -0.780 e. The van der Waals surface area contributed by atoms with E-state index in [1.54, 1.807) is 12.1 Å². The van der Waals surface area contributed by atoms with Gasteiger partial charge in [0.1, 0.15) is 7.82 Å². The van der Waals surface area contributed by atoms with E-state index >= 15 is 0 Å². The summed E-state index contributed by atoms with van der Waals surface area (Å²) in [6, 6.07) is 11.2. The Morgan fingerprint density at radius 1 is 1.21 bits per heavy atom. The first-order chi connectivity index (χ1) is 11.2. The van der Waals surface area contributed by atoms with E-state index < -0.39 is 7.82 Å². The first-order valence-electron chi connectivity index (χ1n) is 6.66. The number of nitrogens with one attached hydrogen (secondary N) is 1. The van der Waals surface area contributed by atoms with Gasteiger partial charge in [0.15, 0.2) is 5.75 Å². The molecule has 128 valence electrons. The van der Waals surface area contributed by atoms with Crippen molar-refractivity contribution in [1.29, 1.82) is 0 Å². The summed E-state index contributed by atoms with van der Waals surface area (Å²) in [4.78, 5) is 23.8. The fourth-order valence-electron chi connectivity index (χ4n) is 1.89. The lowest BCUT2D eigenvalue weighted by Gasteiger charge is -2.28. The highest BCUT2D eigenvalue weighted by Gasteiger charge is 2.12. The van der Waals surface area contributed by atoms with Gasteiger partial charge >= 0.3 is 0 Å². The number of rotatable bonds is 2. The molecule has 0 fully saturated rings. The monoisotopic (exact) mass is 430 g/mol. The van der Waals surface area contributed by atoms with Crippen LogP contribution in [0.15, 0.2) is 47.1 Å². The number of benzene rings is 2. The van der Waals surface area contributed by atoms with Crippen molar-refractivity contribution in [2.24, 2.45) is 0 Å². The lowest BCUT2D eigenvalue weighted by Crippen LogP contribution is -2.18. The molecule has 0 saturated carbocycles. The van der Waals surface area contributed by atoms with E-state index in [0.29, 0.717) is 15.4 Å². The van der Waals surface area contributed by atoms with Gasteiger partial charge in [0.2, 0.25) is 0 Å². The van der Waals surface area contributed by atoms with Gasteiger partial charge in [-0.2, -0.15) is 0 Å². The van der Waals surface area contributed by atoms with Gasteiger partial charge in [0, 0.05) is 16.4 Å². The third-order valence-electron chi connectivity index (χ3n) is 2.99. The second-order valence-corrected chi connectivity index (χ2v) is 7.20. The van der Waals surface area contributed by atoms with Gasteiger partial charge < -0.3 is 29.6 Å². The highest BCUT2D eigenvalue weighted by Crippen LogP contribution is 2.40. The van der Waals surface area contributed by atoms with Crippen molar-refractivity contribution in [3.63, 3.8) is 0 Å². The van der Waals surface area contributed by atoms with Crippen molar-refractivity contribution in [2.75, 3.05) is 5.73 Å². The maximum Gasteiger partial charge on any atom is 0.151 e. The molecule has 0 aliphatic rings. The number of hydrogen-bond donors (Lipinski definition) is 2. The summed E-state index contributed by atoms with van der Waals surface area (Å²) in [7, 11) is -5.09. The van der Waals surface area contributed by atoms with E-state index in [0.717, 1.165) is 5.69 Å². The molecule has 6 nitrogen and oxygen atoms in total. The number of H-pyrrole nitrogens is 1. The molecule has 3 N–H and O–H groups in total. The Labute approximate surface area is 152 Å². The summed E-state index contributed by atoms with van der Waals surface area (Å²) >= 11 is 9.15. The number of aromatic nitrogens is 1. The number of aromatic amines is 1. The van der Waals surface area contributed by atoms with Gasteiger partial charge in [-0.15, -0.1) is 0 Å². The summed E-state index contributed by atoms with van der Waals surface area (Å²) in [5, 5.41) is 0.630. The van der Waals surface area contributed by atoms with Crippen molar-refractivity contribution in [3.05, 3.63) is 57.7 Å². The number of nitrogen functional groups attached to an aromatic ring is 1. The Balaban J connectivity index is 0.000000219. The number of phosphoric ester groups is 1. The van der Waals surface area contributed by atoms with Gasteiger partial charge in [0.25, 0.3) is 0 Å². The summed E-state index contributed by atoms with van der Waals surface area (Å²) in [5.41, 5.74) is 8.09. The molecule has 0 unspecified atom stereocenters. The van der Waals surface area contributed by atoms with Crippen molar-refractivity contribution in [1.82, 2.24) is 4.98 Å². The maximum atomic E-state index is 10.5. The molecule has 0 spiro atoms. The number of nitrogens with two attached hydrogens (primary N) is 1. The number of halogens is 2. The molecular weight excluding hydrogens is 419 g/mol. The second-order valence-electron chi connectivity index (χ2n) is 4.89. The molecule has 0 aliphatic heterocycles. The predicted octanol–water partition coefficient (Wildman–Crippen LogP) is 3.37. The van der Waals surface area contributed by atoms with E-state index in [-0.39, 0.29) is 10.8 Å². The SMILES string of the molecule is Cc1ccc(N)cc1.O=P([O-])([O-])Oc1c[nH]c2ccc(Br)c(Cl)c12. The molecular formula is C15H13BrClN2O4P-2. The zero-order valence-corrected chi connectivity index (χ0v) is 15.7. The van der Waals surface area contributed by atoms with Crippen LogP contribution in [0.3, 0.4) is 0 Å². The van der Waals surface area contributed by atoms with Crippen LogP contribution >= 0.6 is 35.4 Å². The standard InChI is InChI=1S/C8H6BrClNO4P.C7H9N/c9-4-1-2-5-7(8(4)10)6(3-11-5)15-16(12,13)14;1-6-2-4-7(8)5-3-6/h1-3,11H,(H2,12,13,14);2-5H,8H2,1H3/p-2. The highest BCUT2D eigenvalue weighted by molar-refractivity contribution is 9.10. The predicted molar refractivity (Wildman–Crippen MR) is 94.8 cm³/mol. The fourth-order valence-corrected chi connectivity index (χ4v) is 2.86. The highest BCUT2D eigenvalue weighted by atomic mass is 79.9. The summed E-state index contributed by atoms with van der Waals surface area (Å²) in [6.07, 6.45) is 1.27. The quantitative estimate of drug-likeness (QED) is 0.477. The Kier molecular flexibility index (Phi) is 5.96. The lowest BCUT2D eigenvalue weighted by molar-refractivity contribution is -0.333. The van der Waals surface area contributed by atoms with E-state index in [9.17, 15) is 14.4 Å². The van der Waals surface area contributed by atoms with Gasteiger partial charge in [-0.3, -0.25) is 0 Å². The molecule has 1 heterocycles. The van der Waals surface area contributed by atoms with Gasteiger partial charge in [-0.05, 0) is 47.1 Å². The lowest BCUT2D eigenvalue weighted by atomic mass is 10.2. The van der Waals surface area contributed by atoms with Gasteiger partial charge in [-0.1, -0.05) is 29.3 Å². The van der Waals surface area contributed by atoms with Crippen LogP contribution in [0.5, 0.6) is 5.75 Å². The molecule has 3 aromatic rings. The van der Waals surface area contributed by atoms with Crippen LogP contribution in [-0.2, 0) is 4.57 Å². The molecule has 0 bridgehead atoms. The smallest absolute Gasteiger partial charge is 0.151 e. The molecule has 0 aliphatic carbocycles. The van der Waals surface area contributed by atoms with Gasteiger partial charge in [-0.25, -0.2) is 0 Å². The molecule has 24 heavy (non-hydrogen) atoms. The largest absolute Gasteiger partial charge is 0.780 e. The summed E-state index contributed by atoms with van der Waals surface area (Å²) < 4.78 is 15.4. The first kappa shape index (κ1) is 18.8. The zero-order valence-electron chi connectivity index (χ0n) is 12.5. The molecule has 1 aromatic heterocycles. The topological polar surface area (TPSA) is 114 Å². The van der Waals surface area contributed by atoms with Gasteiger partial charge in [0.05, 0.1) is 15.9 Å². The molecule has 2 aromatic carbocycles. The molecule has 3 rings (SSSR count). The van der Waals surface area contributed by atoms with Crippen molar-refractivity contribution in [2.45, 2.75) is 6.92 Å². The van der Waals surface area contributed by atoms with Crippen LogP contribution in [-0.4, -0.2) is 4.98 Å². The number of phosphoric acid groups is 1. The average Bonchev–Trinajstić information content (AvgIpc) is 2.88. The third-order valence-corrected chi connectivity index (χ3v) is 4.69.